The minimum absolute atomic E-state index is 0.262. The van der Waals surface area contributed by atoms with E-state index in [9.17, 15) is 4.79 Å². The molecule has 0 aliphatic rings. The number of aromatic nitrogens is 1. The van der Waals surface area contributed by atoms with Gasteiger partial charge in [0, 0.05) is 21.5 Å². The number of aryl methyl sites for hydroxylation is 2. The van der Waals surface area contributed by atoms with E-state index in [1.807, 2.05) is 56.3 Å². The van der Waals surface area contributed by atoms with Gasteiger partial charge in [-0.15, -0.1) is 0 Å². The van der Waals surface area contributed by atoms with Gasteiger partial charge in [-0.1, -0.05) is 35.9 Å². The summed E-state index contributed by atoms with van der Waals surface area (Å²) in [5, 5.41) is 5.18. The SMILES string of the molecule is COc1ccc(-c2nc3cc(C)c(C)cc3o2)cc1NC(=O)c1cccc2c(Cl)cccc12. The van der Waals surface area contributed by atoms with Gasteiger partial charge in [0.2, 0.25) is 5.89 Å². The maximum absolute atomic E-state index is 13.2. The predicted octanol–water partition coefficient (Wildman–Crippen LogP) is 7.18. The third-order valence-electron chi connectivity index (χ3n) is 5.81. The molecule has 4 aromatic carbocycles. The molecule has 0 spiro atoms. The molecule has 1 heterocycles. The zero-order valence-electron chi connectivity index (χ0n) is 18.4. The molecule has 5 rings (SSSR count). The van der Waals surface area contributed by atoms with Gasteiger partial charge in [-0.2, -0.15) is 0 Å². The lowest BCUT2D eigenvalue weighted by atomic mass is 10.0. The van der Waals surface area contributed by atoms with Crippen molar-refractivity contribution in [3.63, 3.8) is 0 Å². The molecule has 6 heteroatoms. The predicted molar refractivity (Wildman–Crippen MR) is 132 cm³/mol. The van der Waals surface area contributed by atoms with Gasteiger partial charge in [0.05, 0.1) is 12.8 Å². The Labute approximate surface area is 196 Å². The van der Waals surface area contributed by atoms with E-state index in [0.29, 0.717) is 27.9 Å². The molecule has 0 saturated carbocycles. The lowest BCUT2D eigenvalue weighted by Gasteiger charge is -2.13. The van der Waals surface area contributed by atoms with E-state index < -0.39 is 0 Å². The summed E-state index contributed by atoms with van der Waals surface area (Å²) in [4.78, 5) is 17.9. The number of benzene rings is 4. The Morgan fingerprint density at radius 2 is 1.73 bits per heavy atom. The molecule has 0 unspecified atom stereocenters. The molecule has 0 aliphatic heterocycles. The van der Waals surface area contributed by atoms with Crippen LogP contribution in [0.4, 0.5) is 5.69 Å². The number of ether oxygens (including phenoxy) is 1. The van der Waals surface area contributed by atoms with Crippen LogP contribution >= 0.6 is 11.6 Å². The lowest BCUT2D eigenvalue weighted by molar-refractivity contribution is 0.102. The molecule has 1 N–H and O–H groups in total. The highest BCUT2D eigenvalue weighted by Crippen LogP contribution is 2.33. The second kappa shape index (κ2) is 8.26. The molecule has 164 valence electrons. The van der Waals surface area contributed by atoms with Gasteiger partial charge in [0.15, 0.2) is 5.58 Å². The number of carbonyl (C=O) groups is 1. The number of oxazole rings is 1. The van der Waals surface area contributed by atoms with Crippen LogP contribution in [-0.2, 0) is 0 Å². The number of hydrogen-bond donors (Lipinski definition) is 1. The van der Waals surface area contributed by atoms with E-state index in [4.69, 9.17) is 20.8 Å². The van der Waals surface area contributed by atoms with Gasteiger partial charge in [-0.25, -0.2) is 4.98 Å². The van der Waals surface area contributed by atoms with Crippen molar-refractivity contribution in [2.24, 2.45) is 0 Å². The van der Waals surface area contributed by atoms with Crippen LogP contribution in [0.25, 0.3) is 33.3 Å². The fourth-order valence-electron chi connectivity index (χ4n) is 3.90. The first kappa shape index (κ1) is 21.0. The first-order chi connectivity index (χ1) is 15.9. The van der Waals surface area contributed by atoms with E-state index >= 15 is 0 Å². The molecule has 5 aromatic rings. The summed E-state index contributed by atoms with van der Waals surface area (Å²) in [6, 6.07) is 20.5. The normalized spacial score (nSPS) is 11.2. The van der Waals surface area contributed by atoms with Crippen LogP contribution in [0, 0.1) is 13.8 Å². The zero-order valence-corrected chi connectivity index (χ0v) is 19.2. The van der Waals surface area contributed by atoms with E-state index in [2.05, 4.69) is 10.3 Å². The Bertz CT molecular complexity index is 1500. The molecule has 5 nitrogen and oxygen atoms in total. The van der Waals surface area contributed by atoms with E-state index in [1.165, 1.54) is 0 Å². The zero-order chi connectivity index (χ0) is 23.1. The first-order valence-corrected chi connectivity index (χ1v) is 10.9. The molecule has 0 fully saturated rings. The second-order valence-corrected chi connectivity index (χ2v) is 8.34. The summed E-state index contributed by atoms with van der Waals surface area (Å²) in [5.74, 6) is 0.750. The van der Waals surface area contributed by atoms with Gasteiger partial charge in [0.1, 0.15) is 11.3 Å². The van der Waals surface area contributed by atoms with Crippen LogP contribution in [0.5, 0.6) is 5.75 Å². The number of carbonyl (C=O) groups excluding carboxylic acids is 1. The summed E-state index contributed by atoms with van der Waals surface area (Å²) in [6.45, 7) is 4.09. The van der Waals surface area contributed by atoms with E-state index in [1.54, 1.807) is 31.4 Å². The monoisotopic (exact) mass is 456 g/mol. The standard InChI is InChI=1S/C27H21ClN2O3/c1-15-12-22-25(13-16(15)2)33-27(30-22)17-10-11-24(32-3)23(14-17)29-26(31)20-8-4-7-19-18(20)6-5-9-21(19)28/h4-14H,1-3H3,(H,29,31). The summed E-state index contributed by atoms with van der Waals surface area (Å²) in [6.07, 6.45) is 0. The molecule has 33 heavy (non-hydrogen) atoms. The average molecular weight is 457 g/mol. The minimum atomic E-state index is -0.262. The maximum atomic E-state index is 13.2. The van der Waals surface area contributed by atoms with Crippen molar-refractivity contribution >= 4 is 45.1 Å². The van der Waals surface area contributed by atoms with E-state index in [-0.39, 0.29) is 5.91 Å². The number of halogens is 1. The molecule has 0 radical (unpaired) electrons. The fraction of sp³-hybridized carbons (Fsp3) is 0.111. The largest absolute Gasteiger partial charge is 0.495 e. The number of anilines is 1. The lowest BCUT2D eigenvalue weighted by Crippen LogP contribution is -2.13. The van der Waals surface area contributed by atoms with Crippen molar-refractivity contribution < 1.29 is 13.9 Å². The third kappa shape index (κ3) is 3.81. The van der Waals surface area contributed by atoms with Crippen LogP contribution < -0.4 is 10.1 Å². The van der Waals surface area contributed by atoms with Gasteiger partial charge >= 0.3 is 0 Å². The molecule has 0 bridgehead atoms. The van der Waals surface area contributed by atoms with Crippen molar-refractivity contribution in [1.82, 2.24) is 4.98 Å². The molecular weight excluding hydrogens is 436 g/mol. The number of methoxy groups -OCH3 is 1. The Hall–Kier alpha value is -3.83. The van der Waals surface area contributed by atoms with Gasteiger partial charge in [0.25, 0.3) is 5.91 Å². The summed E-state index contributed by atoms with van der Waals surface area (Å²) in [7, 11) is 1.56. The van der Waals surface area contributed by atoms with Crippen LogP contribution in [0.1, 0.15) is 21.5 Å². The van der Waals surface area contributed by atoms with Gasteiger partial charge in [-0.3, -0.25) is 4.79 Å². The van der Waals surface area contributed by atoms with Crippen LogP contribution in [0.3, 0.4) is 0 Å². The van der Waals surface area contributed by atoms with Crippen molar-refractivity contribution in [1.29, 1.82) is 0 Å². The Morgan fingerprint density at radius 1 is 0.970 bits per heavy atom. The Kier molecular flexibility index (Phi) is 5.27. The number of nitrogens with one attached hydrogen (secondary N) is 1. The summed E-state index contributed by atoms with van der Waals surface area (Å²) >= 11 is 6.31. The highest BCUT2D eigenvalue weighted by atomic mass is 35.5. The van der Waals surface area contributed by atoms with Crippen molar-refractivity contribution in [2.45, 2.75) is 13.8 Å². The third-order valence-corrected chi connectivity index (χ3v) is 6.14. The van der Waals surface area contributed by atoms with Crippen molar-refractivity contribution in [3.8, 4) is 17.2 Å². The molecule has 0 saturated heterocycles. The fourth-order valence-corrected chi connectivity index (χ4v) is 4.14. The molecule has 0 atom stereocenters. The van der Waals surface area contributed by atoms with E-state index in [0.717, 1.165) is 38.6 Å². The molecular formula is C27H21ClN2O3. The van der Waals surface area contributed by atoms with Crippen LogP contribution in [-0.4, -0.2) is 18.0 Å². The number of nitrogens with zero attached hydrogens (tertiary/aromatic N) is 1. The summed E-state index contributed by atoms with van der Waals surface area (Å²) < 4.78 is 11.5. The second-order valence-electron chi connectivity index (χ2n) is 7.93. The van der Waals surface area contributed by atoms with Crippen LogP contribution in [0.15, 0.2) is 71.1 Å². The Morgan fingerprint density at radius 3 is 2.55 bits per heavy atom. The molecule has 0 aliphatic carbocycles. The molecule has 1 aromatic heterocycles. The average Bonchev–Trinajstić information content (AvgIpc) is 3.22. The number of hydrogen-bond acceptors (Lipinski definition) is 4. The highest BCUT2D eigenvalue weighted by molar-refractivity contribution is 6.36. The smallest absolute Gasteiger partial charge is 0.256 e. The first-order valence-electron chi connectivity index (χ1n) is 10.5. The number of rotatable bonds is 4. The Balaban J connectivity index is 1.53. The van der Waals surface area contributed by atoms with Crippen molar-refractivity contribution in [3.05, 3.63) is 88.4 Å². The van der Waals surface area contributed by atoms with Crippen LogP contribution in [0.2, 0.25) is 5.02 Å². The van der Waals surface area contributed by atoms with Gasteiger partial charge < -0.3 is 14.5 Å². The van der Waals surface area contributed by atoms with Gasteiger partial charge in [-0.05, 0) is 72.8 Å². The highest BCUT2D eigenvalue weighted by Gasteiger charge is 2.16. The molecule has 1 amide bonds. The summed E-state index contributed by atoms with van der Waals surface area (Å²) in [5.41, 5.74) is 5.59. The number of fused-ring (bicyclic) bond motifs is 2. The quantitative estimate of drug-likeness (QED) is 0.311. The number of amides is 1. The minimum Gasteiger partial charge on any atom is -0.495 e. The maximum Gasteiger partial charge on any atom is 0.256 e. The topological polar surface area (TPSA) is 64.4 Å². The van der Waals surface area contributed by atoms with Crippen molar-refractivity contribution in [2.75, 3.05) is 12.4 Å².